The lowest BCUT2D eigenvalue weighted by atomic mass is 9.94. The lowest BCUT2D eigenvalue weighted by Gasteiger charge is -2.27. The third kappa shape index (κ3) is 3.34. The first kappa shape index (κ1) is 19.9. The summed E-state index contributed by atoms with van der Waals surface area (Å²) in [5.74, 6) is -0.579. The Labute approximate surface area is 181 Å². The van der Waals surface area contributed by atoms with Gasteiger partial charge < -0.3 is 0 Å². The Kier molecular flexibility index (Phi) is 4.87. The van der Waals surface area contributed by atoms with E-state index in [1.165, 1.54) is 9.21 Å². The third-order valence-corrected chi connectivity index (χ3v) is 8.02. The maximum Gasteiger partial charge on any atom is 0.261 e. The van der Waals surface area contributed by atoms with Crippen molar-refractivity contribution in [1.29, 1.82) is 0 Å². The Morgan fingerprint density at radius 2 is 1.35 bits per heavy atom. The highest BCUT2D eigenvalue weighted by Gasteiger charge is 2.32. The topological polar surface area (TPSA) is 74.8 Å². The molecule has 0 aromatic heterocycles. The van der Waals surface area contributed by atoms with Gasteiger partial charge in [-0.1, -0.05) is 36.4 Å². The van der Waals surface area contributed by atoms with Gasteiger partial charge in [0.25, 0.3) is 11.8 Å². The molecule has 7 heteroatoms. The first-order chi connectivity index (χ1) is 15.0. The average molecular weight is 435 g/mol. The predicted octanol–water partition coefficient (Wildman–Crippen LogP) is 3.46. The number of nitrogens with zero attached hydrogens (tertiary/aromatic N) is 2. The molecule has 3 aromatic rings. The number of imide groups is 1. The minimum absolute atomic E-state index is 0.237. The number of amides is 2. The Morgan fingerprint density at radius 3 is 1.94 bits per heavy atom. The fourth-order valence-electron chi connectivity index (χ4n) is 4.43. The van der Waals surface area contributed by atoms with Crippen LogP contribution >= 0.6 is 0 Å². The molecule has 31 heavy (non-hydrogen) atoms. The van der Waals surface area contributed by atoms with E-state index in [9.17, 15) is 18.0 Å². The summed E-state index contributed by atoms with van der Waals surface area (Å²) in [7, 11) is -3.45. The first-order valence-corrected chi connectivity index (χ1v) is 11.9. The molecule has 1 saturated heterocycles. The van der Waals surface area contributed by atoms with Gasteiger partial charge in [-0.2, -0.15) is 4.31 Å². The van der Waals surface area contributed by atoms with Crippen molar-refractivity contribution in [1.82, 2.24) is 9.21 Å². The fraction of sp³-hybridized carbons (Fsp3) is 0.250. The van der Waals surface area contributed by atoms with Crippen LogP contribution in [-0.4, -0.2) is 49.1 Å². The quantitative estimate of drug-likeness (QED) is 0.577. The van der Waals surface area contributed by atoms with Crippen molar-refractivity contribution in [2.24, 2.45) is 0 Å². The standard InChI is InChI=1S/C24H22N2O4S/c27-23-20-7-3-5-18-6-4-8-21(22(18)20)24(28)26(23)16-13-17-9-11-19(12-10-17)31(29,30)25-14-1-2-15-25/h3-12H,1-2,13-16H2. The third-order valence-electron chi connectivity index (χ3n) is 6.11. The van der Waals surface area contributed by atoms with E-state index < -0.39 is 10.0 Å². The average Bonchev–Trinajstić information content (AvgIpc) is 3.34. The Bertz CT molecular complexity index is 1240. The summed E-state index contributed by atoms with van der Waals surface area (Å²) in [6.45, 7) is 1.37. The molecule has 5 rings (SSSR count). The van der Waals surface area contributed by atoms with Gasteiger partial charge in [0.05, 0.1) is 4.90 Å². The second-order valence-electron chi connectivity index (χ2n) is 7.98. The van der Waals surface area contributed by atoms with Crippen LogP contribution in [0.4, 0.5) is 0 Å². The number of carbonyl (C=O) groups excluding carboxylic acids is 2. The number of hydrogen-bond acceptors (Lipinski definition) is 4. The molecule has 0 radical (unpaired) electrons. The Hall–Kier alpha value is -3.03. The van der Waals surface area contributed by atoms with E-state index in [1.807, 2.05) is 24.3 Å². The molecule has 158 valence electrons. The molecule has 3 aromatic carbocycles. The summed E-state index contributed by atoms with van der Waals surface area (Å²) >= 11 is 0. The molecule has 0 bridgehead atoms. The van der Waals surface area contributed by atoms with Gasteiger partial charge in [0.2, 0.25) is 10.0 Å². The number of sulfonamides is 1. The molecule has 2 amide bonds. The van der Waals surface area contributed by atoms with Gasteiger partial charge in [-0.15, -0.1) is 0 Å². The van der Waals surface area contributed by atoms with Gasteiger partial charge >= 0.3 is 0 Å². The molecule has 6 nitrogen and oxygen atoms in total. The van der Waals surface area contributed by atoms with Crippen LogP contribution in [0.1, 0.15) is 39.1 Å². The molecule has 0 saturated carbocycles. The molecule has 0 spiro atoms. The molecule has 1 fully saturated rings. The summed E-state index contributed by atoms with van der Waals surface area (Å²) in [6.07, 6.45) is 2.25. The van der Waals surface area contributed by atoms with Gasteiger partial charge in [-0.3, -0.25) is 14.5 Å². The molecule has 0 unspecified atom stereocenters. The number of hydrogen-bond donors (Lipinski definition) is 0. The Morgan fingerprint density at radius 1 is 0.774 bits per heavy atom. The van der Waals surface area contributed by atoms with Gasteiger partial charge in [-0.25, -0.2) is 8.42 Å². The Balaban J connectivity index is 1.35. The van der Waals surface area contributed by atoms with Crippen molar-refractivity contribution in [3.63, 3.8) is 0 Å². The summed E-state index contributed by atoms with van der Waals surface area (Å²) in [6, 6.07) is 17.7. The zero-order valence-electron chi connectivity index (χ0n) is 17.0. The second kappa shape index (κ2) is 7.59. The molecule has 0 aliphatic carbocycles. The molecule has 2 aliphatic rings. The van der Waals surface area contributed by atoms with Crippen molar-refractivity contribution in [2.45, 2.75) is 24.2 Å². The van der Waals surface area contributed by atoms with Gasteiger partial charge in [-0.05, 0) is 54.5 Å². The van der Waals surface area contributed by atoms with Crippen LogP contribution < -0.4 is 0 Å². The SMILES string of the molecule is O=C1c2cccc3cccc(c23)C(=O)N1CCc1ccc(S(=O)(=O)N2CCCC2)cc1. The highest BCUT2D eigenvalue weighted by atomic mass is 32.2. The van der Waals surface area contributed by atoms with Crippen LogP contribution in [0.3, 0.4) is 0 Å². The van der Waals surface area contributed by atoms with Crippen LogP contribution in [0, 0.1) is 0 Å². The lowest BCUT2D eigenvalue weighted by molar-refractivity contribution is 0.0612. The van der Waals surface area contributed by atoms with Crippen LogP contribution in [0.5, 0.6) is 0 Å². The van der Waals surface area contributed by atoms with E-state index in [0.717, 1.165) is 23.8 Å². The molecule has 0 N–H and O–H groups in total. The maximum atomic E-state index is 13.0. The molecule has 2 aliphatic heterocycles. The normalized spacial score (nSPS) is 17.0. The van der Waals surface area contributed by atoms with E-state index in [4.69, 9.17) is 0 Å². The lowest BCUT2D eigenvalue weighted by Crippen LogP contribution is -2.41. The van der Waals surface area contributed by atoms with E-state index in [2.05, 4.69) is 0 Å². The van der Waals surface area contributed by atoms with E-state index in [1.54, 1.807) is 36.4 Å². The maximum absolute atomic E-state index is 13.0. The van der Waals surface area contributed by atoms with Gasteiger partial charge in [0.1, 0.15) is 0 Å². The predicted molar refractivity (Wildman–Crippen MR) is 117 cm³/mol. The van der Waals surface area contributed by atoms with E-state index >= 15 is 0 Å². The van der Waals surface area contributed by atoms with Crippen LogP contribution in [0.15, 0.2) is 65.6 Å². The molecule has 0 atom stereocenters. The van der Waals surface area contributed by atoms with Crippen molar-refractivity contribution >= 4 is 32.6 Å². The minimum atomic E-state index is -3.45. The minimum Gasteiger partial charge on any atom is -0.274 e. The van der Waals surface area contributed by atoms with E-state index in [-0.39, 0.29) is 23.3 Å². The summed E-state index contributed by atoms with van der Waals surface area (Å²) in [5, 5.41) is 1.60. The number of benzene rings is 3. The highest BCUT2D eigenvalue weighted by molar-refractivity contribution is 7.89. The van der Waals surface area contributed by atoms with Crippen molar-refractivity contribution in [2.75, 3.05) is 19.6 Å². The van der Waals surface area contributed by atoms with Crippen LogP contribution in [0.25, 0.3) is 10.8 Å². The summed E-state index contributed by atoms with van der Waals surface area (Å²) in [5.41, 5.74) is 1.96. The van der Waals surface area contributed by atoms with Crippen molar-refractivity contribution < 1.29 is 18.0 Å². The second-order valence-corrected chi connectivity index (χ2v) is 9.91. The van der Waals surface area contributed by atoms with Crippen molar-refractivity contribution in [3.8, 4) is 0 Å². The van der Waals surface area contributed by atoms with Crippen LogP contribution in [-0.2, 0) is 16.4 Å². The molecular formula is C24H22N2O4S. The van der Waals surface area contributed by atoms with Crippen molar-refractivity contribution in [3.05, 3.63) is 77.4 Å². The molecular weight excluding hydrogens is 412 g/mol. The zero-order chi connectivity index (χ0) is 21.6. The van der Waals surface area contributed by atoms with Gasteiger partial charge in [0.15, 0.2) is 0 Å². The number of rotatable bonds is 5. The molecule has 2 heterocycles. The first-order valence-electron chi connectivity index (χ1n) is 10.4. The summed E-state index contributed by atoms with van der Waals surface area (Å²) < 4.78 is 26.9. The van der Waals surface area contributed by atoms with E-state index in [0.29, 0.717) is 36.0 Å². The highest BCUT2D eigenvalue weighted by Crippen LogP contribution is 2.30. The monoisotopic (exact) mass is 434 g/mol. The zero-order valence-corrected chi connectivity index (χ0v) is 17.8. The van der Waals surface area contributed by atoms with Gasteiger partial charge in [0, 0.05) is 36.1 Å². The smallest absolute Gasteiger partial charge is 0.261 e. The largest absolute Gasteiger partial charge is 0.274 e. The van der Waals surface area contributed by atoms with Crippen LogP contribution in [0.2, 0.25) is 0 Å². The fourth-order valence-corrected chi connectivity index (χ4v) is 5.95. The number of carbonyl (C=O) groups is 2. The summed E-state index contributed by atoms with van der Waals surface area (Å²) in [4.78, 5) is 27.5.